The molecule has 2 aromatic rings. The van der Waals surface area contributed by atoms with Gasteiger partial charge in [-0.2, -0.15) is 0 Å². The molecule has 200 valence electrons. The molecule has 1 atom stereocenters. The number of methoxy groups -OCH3 is 1. The van der Waals surface area contributed by atoms with Gasteiger partial charge in [0, 0.05) is 32.8 Å². The lowest BCUT2D eigenvalue weighted by Crippen LogP contribution is -2.56. The third-order valence-electron chi connectivity index (χ3n) is 7.47. The number of carbonyl (C=O) groups excluding carboxylic acids is 2. The van der Waals surface area contributed by atoms with Gasteiger partial charge in [-0.25, -0.2) is 4.79 Å². The molecule has 1 N–H and O–H groups in total. The first kappa shape index (κ1) is 27.1. The monoisotopic (exact) mass is 509 g/mol. The van der Waals surface area contributed by atoms with Gasteiger partial charge in [-0.3, -0.25) is 14.6 Å². The minimum absolute atomic E-state index is 0.103. The normalized spacial score (nSPS) is 18.6. The van der Waals surface area contributed by atoms with Crippen LogP contribution in [0.25, 0.3) is 0 Å². The lowest BCUT2D eigenvalue weighted by atomic mass is 9.85. The topological polar surface area (TPSA) is 82.5 Å². The van der Waals surface area contributed by atoms with E-state index >= 15 is 0 Å². The molecule has 2 aliphatic heterocycles. The zero-order valence-electron chi connectivity index (χ0n) is 22.0. The third kappa shape index (κ3) is 6.32. The van der Waals surface area contributed by atoms with E-state index in [9.17, 15) is 14.7 Å². The summed E-state index contributed by atoms with van der Waals surface area (Å²) >= 11 is 0. The second kappa shape index (κ2) is 12.5. The number of rotatable bonds is 12. The van der Waals surface area contributed by atoms with Crippen LogP contribution >= 0.6 is 0 Å². The number of nitrogens with zero attached hydrogens (tertiary/aromatic N) is 3. The number of imide groups is 1. The molecule has 0 aromatic heterocycles. The quantitative estimate of drug-likeness (QED) is 0.264. The molecule has 2 aromatic carbocycles. The summed E-state index contributed by atoms with van der Waals surface area (Å²) in [5, 5.41) is 9.90. The fraction of sp³-hybridized carbons (Fsp3) is 0.517. The Hall–Kier alpha value is -2.94. The number of amides is 3. The molecule has 3 amide bonds. The first-order valence-electron chi connectivity index (χ1n) is 13.3. The van der Waals surface area contributed by atoms with Crippen molar-refractivity contribution in [3.8, 4) is 5.75 Å². The van der Waals surface area contributed by atoms with Gasteiger partial charge in [-0.15, -0.1) is 0 Å². The van der Waals surface area contributed by atoms with Crippen LogP contribution in [0.5, 0.6) is 5.75 Å². The van der Waals surface area contributed by atoms with E-state index in [1.807, 2.05) is 54.3 Å². The Morgan fingerprint density at radius 3 is 2.41 bits per heavy atom. The predicted molar refractivity (Wildman–Crippen MR) is 141 cm³/mol. The number of hydrogen-bond acceptors (Lipinski definition) is 6. The summed E-state index contributed by atoms with van der Waals surface area (Å²) in [5.41, 5.74) is 1.29. The van der Waals surface area contributed by atoms with Crippen molar-refractivity contribution in [2.45, 2.75) is 63.9 Å². The van der Waals surface area contributed by atoms with Crippen LogP contribution in [-0.2, 0) is 22.6 Å². The van der Waals surface area contributed by atoms with Crippen molar-refractivity contribution in [2.75, 3.05) is 33.4 Å². The van der Waals surface area contributed by atoms with Crippen molar-refractivity contribution in [1.82, 2.24) is 14.7 Å². The second-order valence-corrected chi connectivity index (χ2v) is 9.88. The van der Waals surface area contributed by atoms with Crippen molar-refractivity contribution >= 4 is 11.9 Å². The lowest BCUT2D eigenvalue weighted by Gasteiger charge is -2.42. The van der Waals surface area contributed by atoms with E-state index in [2.05, 4.69) is 17.0 Å². The predicted octanol–water partition coefficient (Wildman–Crippen LogP) is 4.02. The van der Waals surface area contributed by atoms with Crippen LogP contribution in [0.1, 0.15) is 50.2 Å². The molecule has 0 saturated carbocycles. The summed E-state index contributed by atoms with van der Waals surface area (Å²) in [7, 11) is 1.60. The van der Waals surface area contributed by atoms with Crippen LogP contribution in [0.2, 0.25) is 0 Å². The molecular weight excluding hydrogens is 470 g/mol. The van der Waals surface area contributed by atoms with Gasteiger partial charge in [0.15, 0.2) is 6.29 Å². The van der Waals surface area contributed by atoms with E-state index in [0.29, 0.717) is 51.0 Å². The van der Waals surface area contributed by atoms with Gasteiger partial charge in [-0.1, -0.05) is 42.5 Å². The van der Waals surface area contributed by atoms with Gasteiger partial charge in [0.1, 0.15) is 11.3 Å². The van der Waals surface area contributed by atoms with Gasteiger partial charge in [-0.05, 0) is 62.3 Å². The van der Waals surface area contributed by atoms with E-state index in [1.54, 1.807) is 7.11 Å². The Labute approximate surface area is 219 Å². The molecule has 0 radical (unpaired) electrons. The van der Waals surface area contributed by atoms with Crippen LogP contribution in [0.3, 0.4) is 0 Å². The highest BCUT2D eigenvalue weighted by Crippen LogP contribution is 2.38. The van der Waals surface area contributed by atoms with Crippen molar-refractivity contribution < 1.29 is 24.2 Å². The van der Waals surface area contributed by atoms with Crippen molar-refractivity contribution in [3.05, 3.63) is 65.7 Å². The minimum Gasteiger partial charge on any atom is -0.497 e. The number of hydrogen-bond donors (Lipinski definition) is 1. The molecule has 2 heterocycles. The van der Waals surface area contributed by atoms with Crippen LogP contribution in [-0.4, -0.2) is 76.9 Å². The number of benzene rings is 2. The molecule has 8 heteroatoms. The average molecular weight is 510 g/mol. The Balaban J connectivity index is 1.47. The molecule has 0 bridgehead atoms. The molecule has 2 fully saturated rings. The van der Waals surface area contributed by atoms with Gasteiger partial charge in [0.2, 0.25) is 0 Å². The maximum absolute atomic E-state index is 13.9. The summed E-state index contributed by atoms with van der Waals surface area (Å²) in [6, 6.07) is 17.6. The molecule has 8 nitrogen and oxygen atoms in total. The van der Waals surface area contributed by atoms with Crippen LogP contribution in [0, 0.1) is 0 Å². The fourth-order valence-electron chi connectivity index (χ4n) is 5.46. The van der Waals surface area contributed by atoms with Gasteiger partial charge in [0.25, 0.3) is 5.91 Å². The Bertz CT molecular complexity index is 1040. The Kier molecular flexibility index (Phi) is 9.18. The van der Waals surface area contributed by atoms with Crippen LogP contribution < -0.4 is 4.74 Å². The number of ether oxygens (including phenoxy) is 2. The highest BCUT2D eigenvalue weighted by atomic mass is 16.6. The van der Waals surface area contributed by atoms with E-state index in [0.717, 1.165) is 25.2 Å². The number of likely N-dealkylation sites (tertiary alicyclic amines) is 1. The molecule has 0 aliphatic carbocycles. The molecule has 37 heavy (non-hydrogen) atoms. The third-order valence-corrected chi connectivity index (χ3v) is 7.47. The van der Waals surface area contributed by atoms with Crippen LogP contribution in [0.15, 0.2) is 54.6 Å². The number of piperidine rings is 1. The number of unbranched alkanes of at least 4 members (excludes halogenated alkanes) is 1. The number of aliphatic hydroxyl groups excluding tert-OH is 1. The van der Waals surface area contributed by atoms with Crippen LogP contribution in [0.4, 0.5) is 4.79 Å². The molecule has 2 aliphatic rings. The summed E-state index contributed by atoms with van der Waals surface area (Å²) in [6.07, 6.45) is 2.36. The number of urea groups is 1. The molecule has 1 unspecified atom stereocenters. The Morgan fingerprint density at radius 1 is 0.973 bits per heavy atom. The van der Waals surface area contributed by atoms with E-state index in [4.69, 9.17) is 9.47 Å². The van der Waals surface area contributed by atoms with Gasteiger partial charge < -0.3 is 19.5 Å². The first-order valence-corrected chi connectivity index (χ1v) is 13.3. The molecule has 4 rings (SSSR count). The van der Waals surface area contributed by atoms with Gasteiger partial charge in [0.05, 0.1) is 13.7 Å². The highest BCUT2D eigenvalue weighted by molar-refractivity contribution is 6.07. The van der Waals surface area contributed by atoms with E-state index in [-0.39, 0.29) is 18.5 Å². The van der Waals surface area contributed by atoms with Crippen molar-refractivity contribution in [1.29, 1.82) is 0 Å². The highest BCUT2D eigenvalue weighted by Gasteiger charge is 2.57. The number of carbonyl (C=O) groups is 2. The zero-order chi connectivity index (χ0) is 26.3. The minimum atomic E-state index is -0.818. The maximum Gasteiger partial charge on any atom is 0.327 e. The zero-order valence-corrected chi connectivity index (χ0v) is 22.0. The van der Waals surface area contributed by atoms with Gasteiger partial charge >= 0.3 is 6.03 Å². The van der Waals surface area contributed by atoms with E-state index in [1.165, 1.54) is 10.5 Å². The summed E-state index contributed by atoms with van der Waals surface area (Å²) in [4.78, 5) is 33.2. The lowest BCUT2D eigenvalue weighted by molar-refractivity contribution is -0.136. The SMILES string of the molecule is CCOC(O)CCCCN1C(=O)N(Cc2cccc(OC)c2)C(=O)C12CCN(Cc1ccccc1)CC2. The Morgan fingerprint density at radius 2 is 1.70 bits per heavy atom. The largest absolute Gasteiger partial charge is 0.497 e. The molecule has 2 saturated heterocycles. The summed E-state index contributed by atoms with van der Waals surface area (Å²) < 4.78 is 10.6. The summed E-state index contributed by atoms with van der Waals surface area (Å²) in [5.74, 6) is 0.597. The standard InChI is InChI=1S/C29H39N3O5/c1-3-37-26(33)14-7-8-17-32-28(35)31(22-24-12-9-13-25(20-24)36-2)27(34)29(32)15-18-30(19-16-29)21-23-10-5-4-6-11-23/h4-6,9-13,20,26,33H,3,7-8,14-19,21-22H2,1-2H3. The van der Waals surface area contributed by atoms with E-state index < -0.39 is 11.8 Å². The van der Waals surface area contributed by atoms with Crippen molar-refractivity contribution in [3.63, 3.8) is 0 Å². The smallest absolute Gasteiger partial charge is 0.327 e. The summed E-state index contributed by atoms with van der Waals surface area (Å²) in [6.45, 7) is 5.36. The fourth-order valence-corrected chi connectivity index (χ4v) is 5.46. The maximum atomic E-state index is 13.9. The second-order valence-electron chi connectivity index (χ2n) is 9.88. The molecular formula is C29H39N3O5. The number of aliphatic hydroxyl groups is 1. The average Bonchev–Trinajstić information content (AvgIpc) is 3.10. The molecule has 1 spiro atoms. The van der Waals surface area contributed by atoms with Crippen molar-refractivity contribution in [2.24, 2.45) is 0 Å². The first-order chi connectivity index (χ1) is 18.0.